The van der Waals surface area contributed by atoms with E-state index in [1.54, 1.807) is 36.5 Å². The molecule has 0 saturated carbocycles. The Hall–Kier alpha value is -3.13. The minimum Gasteiger partial charge on any atom is -0.357 e. The van der Waals surface area contributed by atoms with E-state index in [9.17, 15) is 13.2 Å². The number of nitrogens with one attached hydrogen (secondary N) is 3. The molecular weight excluding hydrogens is 328 g/mol. The third-order valence-corrected chi connectivity index (χ3v) is 4.54. The van der Waals surface area contributed by atoms with Crippen LogP contribution in [-0.4, -0.2) is 24.3 Å². The summed E-state index contributed by atoms with van der Waals surface area (Å²) in [6.07, 6.45) is 3.14. The molecule has 1 amide bonds. The number of aromatic amines is 1. The summed E-state index contributed by atoms with van der Waals surface area (Å²) in [5.74, 6) is -0.0659. The smallest absolute Gasteiger partial charge is 0.272 e. The molecule has 3 aromatic rings. The minimum absolute atomic E-state index is 0.0750. The molecule has 0 fully saturated rings. The first-order valence-electron chi connectivity index (χ1n) is 7.03. The number of carbonyl (C=O) groups is 1. The van der Waals surface area contributed by atoms with Crippen molar-refractivity contribution < 1.29 is 13.2 Å². The Kier molecular flexibility index (Phi) is 4.30. The summed E-state index contributed by atoms with van der Waals surface area (Å²) >= 11 is 0. The fourth-order valence-electron chi connectivity index (χ4n) is 2.01. The summed E-state index contributed by atoms with van der Waals surface area (Å²) in [4.78, 5) is 18.7. The van der Waals surface area contributed by atoms with E-state index in [1.165, 1.54) is 30.5 Å². The summed E-state index contributed by atoms with van der Waals surface area (Å²) in [5, 5.41) is 2.67. The molecule has 3 N–H and O–H groups in total. The van der Waals surface area contributed by atoms with Gasteiger partial charge in [-0.05, 0) is 48.5 Å². The van der Waals surface area contributed by atoms with Crippen molar-refractivity contribution in [2.24, 2.45) is 0 Å². The second-order valence-electron chi connectivity index (χ2n) is 4.88. The largest absolute Gasteiger partial charge is 0.357 e. The molecule has 0 saturated heterocycles. The lowest BCUT2D eigenvalue weighted by molar-refractivity contribution is 0.102. The van der Waals surface area contributed by atoms with Gasteiger partial charge in [0.1, 0.15) is 11.5 Å². The third-order valence-electron chi connectivity index (χ3n) is 3.17. The van der Waals surface area contributed by atoms with Gasteiger partial charge in [0.25, 0.3) is 15.9 Å². The highest BCUT2D eigenvalue weighted by molar-refractivity contribution is 7.92. The Morgan fingerprint density at radius 1 is 1.00 bits per heavy atom. The number of carbonyl (C=O) groups excluding carboxylic acids is 1. The number of sulfonamides is 1. The molecule has 0 radical (unpaired) electrons. The Bertz CT molecular complexity index is 921. The summed E-state index contributed by atoms with van der Waals surface area (Å²) < 4.78 is 26.9. The minimum atomic E-state index is -3.73. The zero-order chi connectivity index (χ0) is 17.0. The van der Waals surface area contributed by atoms with Crippen LogP contribution in [0.3, 0.4) is 0 Å². The average Bonchev–Trinajstić information content (AvgIpc) is 3.10. The fraction of sp³-hybridized carbons (Fsp3) is 0. The molecule has 0 bridgehead atoms. The van der Waals surface area contributed by atoms with Crippen LogP contribution in [-0.2, 0) is 10.0 Å². The van der Waals surface area contributed by atoms with Crippen LogP contribution in [0, 0.1) is 0 Å². The Morgan fingerprint density at radius 2 is 1.79 bits per heavy atom. The van der Waals surface area contributed by atoms with Crippen LogP contribution in [0.4, 0.5) is 11.5 Å². The van der Waals surface area contributed by atoms with Gasteiger partial charge in [-0.2, -0.15) is 0 Å². The third kappa shape index (κ3) is 3.61. The fourth-order valence-corrected chi connectivity index (χ4v) is 3.02. The zero-order valence-corrected chi connectivity index (χ0v) is 13.2. The predicted octanol–water partition coefficient (Wildman–Crippen LogP) is 2.46. The first-order valence-corrected chi connectivity index (χ1v) is 8.51. The van der Waals surface area contributed by atoms with Crippen LogP contribution in [0.15, 0.2) is 71.9 Å². The standard InChI is InChI=1S/C16H14N4O3S/c21-16(14-4-3-11-17-14)19-12-6-8-13(9-7-12)24(22,23)20-15-5-1-2-10-18-15/h1-11,17H,(H,18,20)(H,19,21). The monoisotopic (exact) mass is 342 g/mol. The molecule has 0 aliphatic rings. The Balaban J connectivity index is 1.73. The molecular formula is C16H14N4O3S. The van der Waals surface area contributed by atoms with Crippen molar-refractivity contribution in [1.29, 1.82) is 0 Å². The normalized spacial score (nSPS) is 11.0. The first-order chi connectivity index (χ1) is 11.5. The lowest BCUT2D eigenvalue weighted by Gasteiger charge is -2.08. The summed E-state index contributed by atoms with van der Waals surface area (Å²) in [7, 11) is -3.73. The van der Waals surface area contributed by atoms with Gasteiger partial charge in [-0.15, -0.1) is 0 Å². The van der Waals surface area contributed by atoms with Gasteiger partial charge in [0, 0.05) is 18.1 Å². The molecule has 3 rings (SSSR count). The topological polar surface area (TPSA) is 104 Å². The second-order valence-corrected chi connectivity index (χ2v) is 6.57. The zero-order valence-electron chi connectivity index (χ0n) is 12.4. The molecule has 24 heavy (non-hydrogen) atoms. The Labute approximate surface area is 138 Å². The lowest BCUT2D eigenvalue weighted by atomic mass is 10.3. The average molecular weight is 342 g/mol. The predicted molar refractivity (Wildman–Crippen MR) is 90.2 cm³/mol. The van der Waals surface area contributed by atoms with E-state index >= 15 is 0 Å². The van der Waals surface area contributed by atoms with Gasteiger partial charge in [-0.3, -0.25) is 9.52 Å². The van der Waals surface area contributed by atoms with E-state index in [-0.39, 0.29) is 16.6 Å². The van der Waals surface area contributed by atoms with Gasteiger partial charge >= 0.3 is 0 Å². The number of rotatable bonds is 5. The van der Waals surface area contributed by atoms with Gasteiger partial charge in [-0.25, -0.2) is 13.4 Å². The van der Waals surface area contributed by atoms with Crippen LogP contribution < -0.4 is 10.0 Å². The van der Waals surface area contributed by atoms with E-state index in [2.05, 4.69) is 20.0 Å². The van der Waals surface area contributed by atoms with Crippen LogP contribution in [0.2, 0.25) is 0 Å². The van der Waals surface area contributed by atoms with Crippen LogP contribution in [0.25, 0.3) is 0 Å². The lowest BCUT2D eigenvalue weighted by Crippen LogP contribution is -2.14. The first kappa shape index (κ1) is 15.8. The number of pyridine rings is 1. The molecule has 122 valence electrons. The maximum atomic E-state index is 12.3. The maximum Gasteiger partial charge on any atom is 0.272 e. The number of hydrogen-bond donors (Lipinski definition) is 3. The maximum absolute atomic E-state index is 12.3. The summed E-state index contributed by atoms with van der Waals surface area (Å²) in [5.41, 5.74) is 0.912. The molecule has 1 aromatic carbocycles. The van der Waals surface area contributed by atoms with E-state index < -0.39 is 10.0 Å². The number of aromatic nitrogens is 2. The van der Waals surface area contributed by atoms with Gasteiger partial charge < -0.3 is 10.3 Å². The quantitative estimate of drug-likeness (QED) is 0.662. The highest BCUT2D eigenvalue weighted by Gasteiger charge is 2.15. The van der Waals surface area contributed by atoms with Crippen molar-refractivity contribution in [3.63, 3.8) is 0 Å². The summed E-state index contributed by atoms with van der Waals surface area (Å²) in [6, 6.07) is 14.2. The molecule has 0 aliphatic carbocycles. The van der Waals surface area contributed by atoms with Crippen molar-refractivity contribution in [3.8, 4) is 0 Å². The van der Waals surface area contributed by atoms with E-state index in [0.717, 1.165) is 0 Å². The van der Waals surface area contributed by atoms with Gasteiger partial charge in [0.15, 0.2) is 0 Å². The molecule has 0 unspecified atom stereocenters. The number of benzene rings is 1. The van der Waals surface area contributed by atoms with Crippen LogP contribution in [0.1, 0.15) is 10.5 Å². The van der Waals surface area contributed by atoms with Crippen molar-refractivity contribution in [2.75, 3.05) is 10.0 Å². The van der Waals surface area contributed by atoms with Gasteiger partial charge in [0.2, 0.25) is 0 Å². The molecule has 0 atom stereocenters. The molecule has 0 spiro atoms. The van der Waals surface area contributed by atoms with Gasteiger partial charge in [-0.1, -0.05) is 6.07 Å². The number of hydrogen-bond acceptors (Lipinski definition) is 4. The number of amides is 1. The highest BCUT2D eigenvalue weighted by atomic mass is 32.2. The van der Waals surface area contributed by atoms with Crippen molar-refractivity contribution in [3.05, 3.63) is 72.7 Å². The van der Waals surface area contributed by atoms with Crippen LogP contribution >= 0.6 is 0 Å². The summed E-state index contributed by atoms with van der Waals surface area (Å²) in [6.45, 7) is 0. The molecule has 2 heterocycles. The van der Waals surface area contributed by atoms with E-state index in [1.807, 2.05) is 0 Å². The van der Waals surface area contributed by atoms with Crippen LogP contribution in [0.5, 0.6) is 0 Å². The molecule has 2 aromatic heterocycles. The van der Waals surface area contributed by atoms with Crippen molar-refractivity contribution >= 4 is 27.4 Å². The number of nitrogens with zero attached hydrogens (tertiary/aromatic N) is 1. The van der Waals surface area contributed by atoms with Gasteiger partial charge in [0.05, 0.1) is 4.90 Å². The molecule has 0 aliphatic heterocycles. The van der Waals surface area contributed by atoms with Crippen molar-refractivity contribution in [1.82, 2.24) is 9.97 Å². The number of anilines is 2. The highest BCUT2D eigenvalue weighted by Crippen LogP contribution is 2.17. The Morgan fingerprint density at radius 3 is 2.42 bits per heavy atom. The van der Waals surface area contributed by atoms with E-state index in [4.69, 9.17) is 0 Å². The second kappa shape index (κ2) is 6.55. The SMILES string of the molecule is O=C(Nc1ccc(S(=O)(=O)Nc2ccccn2)cc1)c1ccc[nH]1. The molecule has 8 heteroatoms. The number of H-pyrrole nitrogens is 1. The van der Waals surface area contributed by atoms with E-state index in [0.29, 0.717) is 11.4 Å². The molecule has 7 nitrogen and oxygen atoms in total. The van der Waals surface area contributed by atoms with Crippen molar-refractivity contribution in [2.45, 2.75) is 4.90 Å².